The van der Waals surface area contributed by atoms with Crippen molar-refractivity contribution < 1.29 is 9.53 Å². The van der Waals surface area contributed by atoms with Gasteiger partial charge in [0, 0.05) is 25.8 Å². The third-order valence-electron chi connectivity index (χ3n) is 5.44. The summed E-state index contributed by atoms with van der Waals surface area (Å²) < 4.78 is 7.53. The number of hydrogen-bond donors (Lipinski definition) is 0. The number of anilines is 1. The van der Waals surface area contributed by atoms with Crippen molar-refractivity contribution in [3.63, 3.8) is 0 Å². The molecule has 4 rings (SSSR count). The molecule has 9 heteroatoms. The van der Waals surface area contributed by atoms with Crippen LogP contribution in [0, 0.1) is 0 Å². The van der Waals surface area contributed by atoms with Crippen LogP contribution in [0.25, 0.3) is 11.7 Å². The molecule has 0 radical (unpaired) electrons. The normalized spacial score (nSPS) is 18.5. The van der Waals surface area contributed by atoms with Crippen molar-refractivity contribution in [1.82, 2.24) is 14.3 Å². The van der Waals surface area contributed by atoms with Gasteiger partial charge in [0.05, 0.1) is 23.7 Å². The van der Waals surface area contributed by atoms with Crippen LogP contribution in [-0.2, 0) is 9.53 Å². The Labute approximate surface area is 191 Å². The molecule has 0 unspecified atom stereocenters. The Morgan fingerprint density at radius 1 is 1.19 bits per heavy atom. The second-order valence-corrected chi connectivity index (χ2v) is 9.25. The summed E-state index contributed by atoms with van der Waals surface area (Å²) >= 11 is 6.72. The molecule has 2 fully saturated rings. The first kappa shape index (κ1) is 22.0. The van der Waals surface area contributed by atoms with Gasteiger partial charge >= 0.3 is 0 Å². The lowest BCUT2D eigenvalue weighted by atomic mass is 10.2. The van der Waals surface area contributed by atoms with Gasteiger partial charge in [-0.15, -0.1) is 0 Å². The molecule has 0 aliphatic carbocycles. The van der Waals surface area contributed by atoms with Gasteiger partial charge < -0.3 is 9.64 Å². The van der Waals surface area contributed by atoms with E-state index in [0.717, 1.165) is 25.7 Å². The maximum absolute atomic E-state index is 13.3. The van der Waals surface area contributed by atoms with E-state index in [0.29, 0.717) is 59.1 Å². The number of nitrogens with zero attached hydrogens (tertiary/aromatic N) is 4. The molecule has 4 heterocycles. The Hall–Kier alpha value is -2.23. The van der Waals surface area contributed by atoms with Crippen LogP contribution < -0.4 is 10.5 Å². The van der Waals surface area contributed by atoms with Gasteiger partial charge in [0.15, 0.2) is 0 Å². The number of rotatable bonds is 7. The highest BCUT2D eigenvalue weighted by Crippen LogP contribution is 2.33. The molecule has 7 nitrogen and oxygen atoms in total. The second kappa shape index (κ2) is 9.93. The molecule has 31 heavy (non-hydrogen) atoms. The molecule has 0 N–H and O–H groups in total. The van der Waals surface area contributed by atoms with E-state index in [1.807, 2.05) is 12.1 Å². The predicted molar refractivity (Wildman–Crippen MR) is 129 cm³/mol. The molecular weight excluding hydrogens is 432 g/mol. The molecule has 2 aromatic rings. The zero-order valence-electron chi connectivity index (χ0n) is 17.6. The molecule has 1 amide bonds. The zero-order valence-corrected chi connectivity index (χ0v) is 19.2. The molecular formula is C22H26N4O3S2. The largest absolute Gasteiger partial charge is 0.378 e. The minimum Gasteiger partial charge on any atom is -0.378 e. The number of carbonyl (C=O) groups is 1. The van der Waals surface area contributed by atoms with Gasteiger partial charge in [-0.1, -0.05) is 56.2 Å². The van der Waals surface area contributed by atoms with Gasteiger partial charge in [-0.25, -0.2) is 4.98 Å². The number of thioether (sulfide) groups is 1. The molecule has 0 spiro atoms. The van der Waals surface area contributed by atoms with Gasteiger partial charge in [-0.3, -0.25) is 18.9 Å². The standard InChI is InChI=1S/C22H26N4O3S2/c1-2-3-4-6-10-26-21(28)17(31-22(26)30)15-16-19(24-11-13-29-14-12-24)23-18-8-5-7-9-25(18)20(16)27/h5,7-9,15H,2-4,6,10-14H2,1H3. The molecule has 0 atom stereocenters. The summed E-state index contributed by atoms with van der Waals surface area (Å²) in [5.41, 5.74) is 0.798. The van der Waals surface area contributed by atoms with Gasteiger partial charge in [-0.05, 0) is 24.6 Å². The number of morpholine rings is 1. The van der Waals surface area contributed by atoms with Crippen LogP contribution in [0.1, 0.15) is 38.2 Å². The monoisotopic (exact) mass is 458 g/mol. The van der Waals surface area contributed by atoms with E-state index in [9.17, 15) is 9.59 Å². The first-order valence-corrected chi connectivity index (χ1v) is 11.9. The summed E-state index contributed by atoms with van der Waals surface area (Å²) in [7, 11) is 0. The maximum atomic E-state index is 13.3. The highest BCUT2D eigenvalue weighted by atomic mass is 32.2. The molecule has 164 valence electrons. The van der Waals surface area contributed by atoms with E-state index in [-0.39, 0.29) is 11.5 Å². The number of unbranched alkanes of at least 4 members (excludes halogenated alkanes) is 3. The van der Waals surface area contributed by atoms with E-state index in [4.69, 9.17) is 21.9 Å². The third kappa shape index (κ3) is 4.68. The number of ether oxygens (including phenoxy) is 1. The van der Waals surface area contributed by atoms with E-state index < -0.39 is 0 Å². The Kier molecular flexibility index (Phi) is 7.04. The average Bonchev–Trinajstić information content (AvgIpc) is 3.06. The fraction of sp³-hybridized carbons (Fsp3) is 0.455. The smallest absolute Gasteiger partial charge is 0.267 e. The van der Waals surface area contributed by atoms with Crippen molar-refractivity contribution in [2.24, 2.45) is 0 Å². The Morgan fingerprint density at radius 2 is 2.00 bits per heavy atom. The topological polar surface area (TPSA) is 67.2 Å². The van der Waals surface area contributed by atoms with Crippen LogP contribution in [0.2, 0.25) is 0 Å². The Balaban J connectivity index is 1.70. The van der Waals surface area contributed by atoms with Gasteiger partial charge in [-0.2, -0.15) is 0 Å². The number of carbonyl (C=O) groups excluding carboxylic acids is 1. The molecule has 2 aliphatic heterocycles. The Bertz CT molecular complexity index is 1080. The number of amides is 1. The number of thiocarbonyl (C=S) groups is 1. The van der Waals surface area contributed by atoms with Crippen molar-refractivity contribution >= 4 is 51.7 Å². The first-order chi connectivity index (χ1) is 15.1. The summed E-state index contributed by atoms with van der Waals surface area (Å²) in [5, 5.41) is 0. The summed E-state index contributed by atoms with van der Waals surface area (Å²) in [4.78, 5) is 35.3. The Morgan fingerprint density at radius 3 is 2.77 bits per heavy atom. The second-order valence-electron chi connectivity index (χ2n) is 7.58. The van der Waals surface area contributed by atoms with Crippen molar-refractivity contribution in [2.45, 2.75) is 32.6 Å². The van der Waals surface area contributed by atoms with Crippen LogP contribution in [0.15, 0.2) is 34.1 Å². The molecule has 2 saturated heterocycles. The zero-order chi connectivity index (χ0) is 21.8. The summed E-state index contributed by atoms with van der Waals surface area (Å²) in [6, 6.07) is 5.46. The van der Waals surface area contributed by atoms with E-state index in [2.05, 4.69) is 11.8 Å². The minimum absolute atomic E-state index is 0.128. The van der Waals surface area contributed by atoms with Crippen LogP contribution in [0.4, 0.5) is 5.82 Å². The summed E-state index contributed by atoms with van der Waals surface area (Å²) in [6.45, 7) is 5.23. The van der Waals surface area contributed by atoms with E-state index >= 15 is 0 Å². The number of aromatic nitrogens is 2. The highest BCUT2D eigenvalue weighted by molar-refractivity contribution is 8.26. The lowest BCUT2D eigenvalue weighted by Crippen LogP contribution is -2.38. The lowest BCUT2D eigenvalue weighted by Gasteiger charge is -2.29. The van der Waals surface area contributed by atoms with Crippen molar-refractivity contribution in [3.05, 3.63) is 45.2 Å². The van der Waals surface area contributed by atoms with Crippen molar-refractivity contribution in [1.29, 1.82) is 0 Å². The number of fused-ring (bicyclic) bond motifs is 1. The van der Waals surface area contributed by atoms with Crippen molar-refractivity contribution in [3.8, 4) is 0 Å². The van der Waals surface area contributed by atoms with Crippen LogP contribution in [0.5, 0.6) is 0 Å². The predicted octanol–water partition coefficient (Wildman–Crippen LogP) is 3.31. The lowest BCUT2D eigenvalue weighted by molar-refractivity contribution is -0.122. The maximum Gasteiger partial charge on any atom is 0.267 e. The van der Waals surface area contributed by atoms with Gasteiger partial charge in [0.1, 0.15) is 15.8 Å². The van der Waals surface area contributed by atoms with E-state index in [1.54, 1.807) is 23.2 Å². The van der Waals surface area contributed by atoms with Gasteiger partial charge in [0.2, 0.25) is 0 Å². The quantitative estimate of drug-likeness (QED) is 0.358. The molecule has 2 aromatic heterocycles. The number of pyridine rings is 1. The number of hydrogen-bond acceptors (Lipinski definition) is 7. The SMILES string of the molecule is CCCCCCN1C(=O)C(=Cc2c(N3CCOCC3)nc3ccccn3c2=O)SC1=S. The van der Waals surface area contributed by atoms with E-state index in [1.165, 1.54) is 16.2 Å². The molecule has 2 aliphatic rings. The summed E-state index contributed by atoms with van der Waals surface area (Å²) in [6.07, 6.45) is 7.65. The minimum atomic E-state index is -0.194. The third-order valence-corrected chi connectivity index (χ3v) is 6.82. The van der Waals surface area contributed by atoms with Crippen molar-refractivity contribution in [2.75, 3.05) is 37.7 Å². The fourth-order valence-corrected chi connectivity index (χ4v) is 5.04. The highest BCUT2D eigenvalue weighted by Gasteiger charge is 2.32. The van der Waals surface area contributed by atoms with Crippen LogP contribution in [0.3, 0.4) is 0 Å². The average molecular weight is 459 g/mol. The fourth-order valence-electron chi connectivity index (χ4n) is 3.75. The van der Waals surface area contributed by atoms with Crippen LogP contribution in [-0.4, -0.2) is 57.4 Å². The summed E-state index contributed by atoms with van der Waals surface area (Å²) in [5.74, 6) is 0.463. The first-order valence-electron chi connectivity index (χ1n) is 10.7. The molecule has 0 aromatic carbocycles. The molecule has 0 bridgehead atoms. The van der Waals surface area contributed by atoms with Gasteiger partial charge in [0.25, 0.3) is 11.5 Å². The van der Waals surface area contributed by atoms with Crippen LogP contribution >= 0.6 is 24.0 Å². The molecule has 0 saturated carbocycles.